The van der Waals surface area contributed by atoms with Crippen molar-refractivity contribution in [3.05, 3.63) is 59.7 Å². The quantitative estimate of drug-likeness (QED) is 0.702. The van der Waals surface area contributed by atoms with E-state index in [4.69, 9.17) is 4.74 Å². The summed E-state index contributed by atoms with van der Waals surface area (Å²) in [5, 5.41) is 5.44. The number of nitrogens with one attached hydrogen (secondary N) is 2. The van der Waals surface area contributed by atoms with Crippen LogP contribution in [0, 0.1) is 0 Å². The Labute approximate surface area is 154 Å². The van der Waals surface area contributed by atoms with Gasteiger partial charge in [-0.15, -0.1) is 0 Å². The molecule has 144 valence electrons. The Kier molecular flexibility index (Phi) is 6.81. The van der Waals surface area contributed by atoms with E-state index in [1.807, 2.05) is 0 Å². The zero-order valence-electron chi connectivity index (χ0n) is 14.6. The van der Waals surface area contributed by atoms with Crippen LogP contribution in [0.1, 0.15) is 29.3 Å². The maximum Gasteiger partial charge on any atom is 0.416 e. The van der Waals surface area contributed by atoms with Crippen LogP contribution in [0.5, 0.6) is 0 Å². The van der Waals surface area contributed by atoms with E-state index in [-0.39, 0.29) is 18.7 Å². The molecule has 0 atom stereocenters. The molecule has 0 aliphatic rings. The number of ether oxygens (including phenoxy) is 1. The first-order chi connectivity index (χ1) is 12.8. The number of halogens is 3. The summed E-state index contributed by atoms with van der Waals surface area (Å²) < 4.78 is 42.9. The highest BCUT2D eigenvalue weighted by Gasteiger charge is 2.30. The van der Waals surface area contributed by atoms with Gasteiger partial charge in [0.25, 0.3) is 0 Å². The van der Waals surface area contributed by atoms with Crippen LogP contribution in [-0.2, 0) is 15.7 Å². The fourth-order valence-corrected chi connectivity index (χ4v) is 2.26. The lowest BCUT2D eigenvalue weighted by molar-refractivity contribution is -0.137. The van der Waals surface area contributed by atoms with Crippen molar-refractivity contribution in [3.63, 3.8) is 0 Å². The van der Waals surface area contributed by atoms with Gasteiger partial charge >= 0.3 is 12.1 Å². The molecule has 2 N–H and O–H groups in total. The van der Waals surface area contributed by atoms with Gasteiger partial charge in [0.1, 0.15) is 0 Å². The van der Waals surface area contributed by atoms with E-state index in [9.17, 15) is 22.8 Å². The van der Waals surface area contributed by atoms with Crippen molar-refractivity contribution in [2.45, 2.75) is 19.5 Å². The Morgan fingerprint density at radius 3 is 2.37 bits per heavy atom. The van der Waals surface area contributed by atoms with Crippen molar-refractivity contribution in [3.8, 4) is 0 Å². The number of alkyl halides is 3. The summed E-state index contributed by atoms with van der Waals surface area (Å²) in [6.45, 7) is 2.29. The van der Waals surface area contributed by atoms with Gasteiger partial charge in [-0.2, -0.15) is 13.2 Å². The number of amides is 1. The molecule has 0 radical (unpaired) electrons. The van der Waals surface area contributed by atoms with Crippen molar-refractivity contribution < 1.29 is 27.5 Å². The minimum Gasteiger partial charge on any atom is -0.462 e. The molecule has 8 heteroatoms. The van der Waals surface area contributed by atoms with Crippen LogP contribution in [0.4, 0.5) is 24.5 Å². The Hall–Kier alpha value is -3.03. The summed E-state index contributed by atoms with van der Waals surface area (Å²) in [4.78, 5) is 23.4. The molecule has 0 saturated carbocycles. The van der Waals surface area contributed by atoms with Crippen LogP contribution >= 0.6 is 0 Å². The smallest absolute Gasteiger partial charge is 0.416 e. The van der Waals surface area contributed by atoms with Crippen molar-refractivity contribution >= 4 is 23.3 Å². The number of anilines is 2. The molecular weight excluding hydrogens is 361 g/mol. The second-order valence-electron chi connectivity index (χ2n) is 5.60. The number of rotatable bonds is 7. The van der Waals surface area contributed by atoms with Crippen molar-refractivity contribution in [2.24, 2.45) is 0 Å². The van der Waals surface area contributed by atoms with Crippen LogP contribution in [0.15, 0.2) is 48.5 Å². The van der Waals surface area contributed by atoms with E-state index >= 15 is 0 Å². The first-order valence-electron chi connectivity index (χ1n) is 8.27. The Bertz CT molecular complexity index is 790. The van der Waals surface area contributed by atoms with Gasteiger partial charge in [-0.25, -0.2) is 4.79 Å². The molecule has 5 nitrogen and oxygen atoms in total. The van der Waals surface area contributed by atoms with Gasteiger partial charge in [0.05, 0.1) is 17.7 Å². The van der Waals surface area contributed by atoms with E-state index < -0.39 is 23.6 Å². The average molecular weight is 380 g/mol. The summed E-state index contributed by atoms with van der Waals surface area (Å²) in [7, 11) is 0. The van der Waals surface area contributed by atoms with Gasteiger partial charge in [0.2, 0.25) is 5.91 Å². The third-order valence-electron chi connectivity index (χ3n) is 3.55. The lowest BCUT2D eigenvalue weighted by Gasteiger charge is -2.10. The van der Waals surface area contributed by atoms with Gasteiger partial charge in [-0.05, 0) is 49.4 Å². The first-order valence-corrected chi connectivity index (χ1v) is 8.27. The SMILES string of the molecule is CCOC(=O)c1ccc(NCCC(=O)Nc2cccc(C(F)(F)F)c2)cc1. The van der Waals surface area contributed by atoms with Crippen LogP contribution in [0.25, 0.3) is 0 Å². The van der Waals surface area contributed by atoms with Gasteiger partial charge < -0.3 is 15.4 Å². The third-order valence-corrected chi connectivity index (χ3v) is 3.55. The highest BCUT2D eigenvalue weighted by molar-refractivity contribution is 5.91. The van der Waals surface area contributed by atoms with E-state index in [0.29, 0.717) is 17.9 Å². The molecule has 2 aromatic carbocycles. The maximum atomic E-state index is 12.7. The third kappa shape index (κ3) is 6.32. The normalized spacial score (nSPS) is 11.0. The van der Waals surface area contributed by atoms with E-state index in [1.54, 1.807) is 31.2 Å². The van der Waals surface area contributed by atoms with Crippen molar-refractivity contribution in [1.29, 1.82) is 0 Å². The van der Waals surface area contributed by atoms with Crippen LogP contribution in [-0.4, -0.2) is 25.0 Å². The Balaban J connectivity index is 1.82. The maximum absolute atomic E-state index is 12.7. The number of hydrogen-bond acceptors (Lipinski definition) is 4. The van der Waals surface area contributed by atoms with Crippen LogP contribution < -0.4 is 10.6 Å². The lowest BCUT2D eigenvalue weighted by Crippen LogP contribution is -2.17. The van der Waals surface area contributed by atoms with Crippen molar-refractivity contribution in [2.75, 3.05) is 23.8 Å². The molecule has 0 aliphatic carbocycles. The van der Waals surface area contributed by atoms with Crippen molar-refractivity contribution in [1.82, 2.24) is 0 Å². The van der Waals surface area contributed by atoms with Gasteiger partial charge in [0.15, 0.2) is 0 Å². The fraction of sp³-hybridized carbons (Fsp3) is 0.263. The predicted molar refractivity (Wildman–Crippen MR) is 95.6 cm³/mol. The van der Waals surface area contributed by atoms with Crippen LogP contribution in [0.2, 0.25) is 0 Å². The summed E-state index contributed by atoms with van der Waals surface area (Å²) in [5.74, 6) is -0.825. The fourth-order valence-electron chi connectivity index (χ4n) is 2.26. The minimum absolute atomic E-state index is 0.0654. The summed E-state index contributed by atoms with van der Waals surface area (Å²) in [6.07, 6.45) is -4.39. The molecule has 0 aliphatic heterocycles. The van der Waals surface area contributed by atoms with E-state index in [2.05, 4.69) is 10.6 Å². The molecule has 0 saturated heterocycles. The number of esters is 1. The zero-order chi connectivity index (χ0) is 19.9. The molecule has 0 unspecified atom stereocenters. The molecule has 0 fully saturated rings. The molecule has 2 rings (SSSR count). The molecule has 1 amide bonds. The molecule has 0 spiro atoms. The summed E-state index contributed by atoms with van der Waals surface area (Å²) in [5.41, 5.74) is 0.397. The number of benzene rings is 2. The largest absolute Gasteiger partial charge is 0.462 e. The second-order valence-corrected chi connectivity index (χ2v) is 5.60. The van der Waals surface area contributed by atoms with Gasteiger partial charge in [0, 0.05) is 24.3 Å². The zero-order valence-corrected chi connectivity index (χ0v) is 14.6. The van der Waals surface area contributed by atoms with Gasteiger partial charge in [-0.1, -0.05) is 6.07 Å². The molecule has 2 aromatic rings. The topological polar surface area (TPSA) is 67.4 Å². The summed E-state index contributed by atoms with van der Waals surface area (Å²) in [6, 6.07) is 11.0. The first kappa shape index (κ1) is 20.3. The number of carbonyl (C=O) groups excluding carboxylic acids is 2. The molecule has 27 heavy (non-hydrogen) atoms. The van der Waals surface area contributed by atoms with Crippen LogP contribution in [0.3, 0.4) is 0 Å². The monoisotopic (exact) mass is 380 g/mol. The predicted octanol–water partition coefficient (Wildman–Crippen LogP) is 4.32. The Morgan fingerprint density at radius 2 is 1.74 bits per heavy atom. The van der Waals surface area contributed by atoms with Gasteiger partial charge in [-0.3, -0.25) is 4.79 Å². The average Bonchev–Trinajstić information content (AvgIpc) is 2.62. The highest BCUT2D eigenvalue weighted by Crippen LogP contribution is 2.30. The lowest BCUT2D eigenvalue weighted by atomic mass is 10.2. The standard InChI is InChI=1S/C19H19F3N2O3/c1-2-27-18(26)13-6-8-15(9-7-13)23-11-10-17(25)24-16-5-3-4-14(12-16)19(20,21)22/h3-9,12,23H,2,10-11H2,1H3,(H,24,25). The number of carbonyl (C=O) groups is 2. The minimum atomic E-state index is -4.46. The summed E-state index contributed by atoms with van der Waals surface area (Å²) >= 11 is 0. The molecule has 0 bridgehead atoms. The van der Waals surface area contributed by atoms with E-state index in [0.717, 1.165) is 12.1 Å². The second kappa shape index (κ2) is 9.07. The highest BCUT2D eigenvalue weighted by atomic mass is 19.4. The molecule has 0 heterocycles. The number of hydrogen-bond donors (Lipinski definition) is 2. The molecular formula is C19H19F3N2O3. The van der Waals surface area contributed by atoms with E-state index in [1.165, 1.54) is 12.1 Å². The molecule has 0 aromatic heterocycles. The Morgan fingerprint density at radius 1 is 1.04 bits per heavy atom.